The average molecular weight is 389 g/mol. The summed E-state index contributed by atoms with van der Waals surface area (Å²) in [5.74, 6) is 0.930. The Bertz CT molecular complexity index is 1000. The van der Waals surface area contributed by atoms with Gasteiger partial charge in [-0.25, -0.2) is 0 Å². The monoisotopic (exact) mass is 389 g/mol. The van der Waals surface area contributed by atoms with Crippen molar-refractivity contribution in [2.45, 2.75) is 6.42 Å². The molecule has 0 saturated heterocycles. The summed E-state index contributed by atoms with van der Waals surface area (Å²) in [6.07, 6.45) is 5.27. The van der Waals surface area contributed by atoms with Crippen molar-refractivity contribution in [3.05, 3.63) is 65.2 Å². The van der Waals surface area contributed by atoms with E-state index in [4.69, 9.17) is 6.42 Å². The number of anilines is 1. The highest BCUT2D eigenvalue weighted by Crippen LogP contribution is 2.22. The topological polar surface area (TPSA) is 86.8 Å². The maximum absolute atomic E-state index is 12.3. The van der Waals surface area contributed by atoms with Crippen LogP contribution in [0, 0.1) is 12.3 Å². The van der Waals surface area contributed by atoms with Crippen molar-refractivity contribution >= 4 is 29.3 Å². The van der Waals surface area contributed by atoms with Crippen LogP contribution in [0.3, 0.4) is 0 Å². The number of fused-ring (bicyclic) bond motifs is 1. The smallest absolute Gasteiger partial charge is 0.261 e. The number of hydrogen-bond acceptors (Lipinski definition) is 4. The SMILES string of the molecule is C#Cc1cccc(NC(=O)CN(C)C(=O)CCN2C(=O)c3ccccc3C2=O)c1. The van der Waals surface area contributed by atoms with Crippen LogP contribution in [0.25, 0.3) is 0 Å². The van der Waals surface area contributed by atoms with Gasteiger partial charge in [-0.05, 0) is 30.3 Å². The predicted molar refractivity (Wildman–Crippen MR) is 107 cm³/mol. The molecule has 1 aliphatic rings. The fourth-order valence-electron chi connectivity index (χ4n) is 3.03. The fraction of sp³-hybridized carbons (Fsp3) is 0.182. The molecular formula is C22H19N3O4. The number of rotatable bonds is 6. The lowest BCUT2D eigenvalue weighted by Crippen LogP contribution is -2.38. The third kappa shape index (κ3) is 4.33. The second kappa shape index (κ2) is 8.40. The van der Waals surface area contributed by atoms with E-state index in [1.807, 2.05) is 0 Å². The number of hydrogen-bond donors (Lipinski definition) is 1. The number of carbonyl (C=O) groups excluding carboxylic acids is 4. The second-order valence-electron chi connectivity index (χ2n) is 6.58. The van der Waals surface area contributed by atoms with Gasteiger partial charge in [-0.3, -0.25) is 24.1 Å². The van der Waals surface area contributed by atoms with E-state index in [0.29, 0.717) is 22.4 Å². The Kier molecular flexibility index (Phi) is 5.74. The zero-order valence-corrected chi connectivity index (χ0v) is 15.8. The number of terminal acetylenes is 1. The van der Waals surface area contributed by atoms with E-state index in [9.17, 15) is 19.2 Å². The normalized spacial score (nSPS) is 12.3. The van der Waals surface area contributed by atoms with Gasteiger partial charge in [0.15, 0.2) is 0 Å². The number of amides is 4. The van der Waals surface area contributed by atoms with Crippen molar-refractivity contribution in [3.63, 3.8) is 0 Å². The molecule has 1 aliphatic heterocycles. The van der Waals surface area contributed by atoms with Gasteiger partial charge in [-0.1, -0.05) is 24.1 Å². The lowest BCUT2D eigenvalue weighted by molar-refractivity contribution is -0.133. The van der Waals surface area contributed by atoms with Crippen LogP contribution in [0.4, 0.5) is 5.69 Å². The number of benzene rings is 2. The third-order valence-electron chi connectivity index (χ3n) is 4.55. The molecule has 29 heavy (non-hydrogen) atoms. The Labute approximate surface area is 168 Å². The van der Waals surface area contributed by atoms with Crippen LogP contribution in [0.5, 0.6) is 0 Å². The largest absolute Gasteiger partial charge is 0.336 e. The maximum atomic E-state index is 12.3. The molecule has 1 heterocycles. The molecule has 2 aromatic rings. The van der Waals surface area contributed by atoms with E-state index in [1.165, 1.54) is 11.9 Å². The molecule has 0 radical (unpaired) electrons. The summed E-state index contributed by atoms with van der Waals surface area (Å²) < 4.78 is 0. The second-order valence-corrected chi connectivity index (χ2v) is 6.58. The molecule has 0 bridgehead atoms. The van der Waals surface area contributed by atoms with Crippen LogP contribution in [-0.2, 0) is 9.59 Å². The maximum Gasteiger partial charge on any atom is 0.261 e. The fourth-order valence-corrected chi connectivity index (χ4v) is 3.03. The zero-order chi connectivity index (χ0) is 21.0. The summed E-state index contributed by atoms with van der Waals surface area (Å²) in [7, 11) is 1.49. The Balaban J connectivity index is 1.52. The zero-order valence-electron chi connectivity index (χ0n) is 15.8. The molecule has 146 valence electrons. The van der Waals surface area contributed by atoms with E-state index in [0.717, 1.165) is 4.90 Å². The van der Waals surface area contributed by atoms with Crippen molar-refractivity contribution in [3.8, 4) is 12.3 Å². The molecule has 0 spiro atoms. The highest BCUT2D eigenvalue weighted by atomic mass is 16.2. The van der Waals surface area contributed by atoms with E-state index in [2.05, 4.69) is 11.2 Å². The highest BCUT2D eigenvalue weighted by Gasteiger charge is 2.35. The van der Waals surface area contributed by atoms with Crippen LogP contribution >= 0.6 is 0 Å². The molecule has 0 fully saturated rings. The quantitative estimate of drug-likeness (QED) is 0.602. The summed E-state index contributed by atoms with van der Waals surface area (Å²) in [5, 5.41) is 2.68. The standard InChI is InChI=1S/C22H19N3O4/c1-3-15-7-6-8-16(13-15)23-19(26)14-24(2)20(27)11-12-25-21(28)17-9-4-5-10-18(17)22(25)29/h1,4-10,13H,11-12,14H2,2H3,(H,23,26). The first-order chi connectivity index (χ1) is 13.9. The number of imide groups is 1. The molecule has 2 aromatic carbocycles. The average Bonchev–Trinajstić information content (AvgIpc) is 2.96. The summed E-state index contributed by atoms with van der Waals surface area (Å²) in [6, 6.07) is 13.4. The molecule has 7 heteroatoms. The Morgan fingerprint density at radius 1 is 1.07 bits per heavy atom. The Hall–Kier alpha value is -3.92. The molecule has 0 aromatic heterocycles. The van der Waals surface area contributed by atoms with Gasteiger partial charge in [0.2, 0.25) is 11.8 Å². The summed E-state index contributed by atoms with van der Waals surface area (Å²) in [4.78, 5) is 51.5. The minimum Gasteiger partial charge on any atom is -0.336 e. The van der Waals surface area contributed by atoms with Crippen LogP contribution in [0.2, 0.25) is 0 Å². The van der Waals surface area contributed by atoms with E-state index >= 15 is 0 Å². The van der Waals surface area contributed by atoms with Crippen molar-refractivity contribution in [1.29, 1.82) is 0 Å². The van der Waals surface area contributed by atoms with Crippen molar-refractivity contribution < 1.29 is 19.2 Å². The van der Waals surface area contributed by atoms with Crippen LogP contribution < -0.4 is 5.32 Å². The first-order valence-corrected chi connectivity index (χ1v) is 8.96. The van der Waals surface area contributed by atoms with Gasteiger partial charge in [0.25, 0.3) is 11.8 Å². The molecule has 1 N–H and O–H groups in total. The lowest BCUT2D eigenvalue weighted by atomic mass is 10.1. The molecule has 3 rings (SSSR count). The molecular weight excluding hydrogens is 370 g/mol. The van der Waals surface area contributed by atoms with Crippen molar-refractivity contribution in [1.82, 2.24) is 9.80 Å². The van der Waals surface area contributed by atoms with Gasteiger partial charge < -0.3 is 10.2 Å². The lowest BCUT2D eigenvalue weighted by Gasteiger charge is -2.19. The first-order valence-electron chi connectivity index (χ1n) is 8.96. The van der Waals surface area contributed by atoms with Crippen LogP contribution in [-0.4, -0.2) is 53.6 Å². The van der Waals surface area contributed by atoms with E-state index in [-0.39, 0.29) is 31.3 Å². The molecule has 0 unspecified atom stereocenters. The molecule has 4 amide bonds. The van der Waals surface area contributed by atoms with E-state index < -0.39 is 11.8 Å². The summed E-state index contributed by atoms with van der Waals surface area (Å²) >= 11 is 0. The summed E-state index contributed by atoms with van der Waals surface area (Å²) in [6.45, 7) is -0.206. The number of nitrogens with one attached hydrogen (secondary N) is 1. The molecule has 0 saturated carbocycles. The van der Waals surface area contributed by atoms with Crippen LogP contribution in [0.15, 0.2) is 48.5 Å². The minimum atomic E-state index is -0.410. The third-order valence-corrected chi connectivity index (χ3v) is 4.55. The molecule has 0 aliphatic carbocycles. The van der Waals surface area contributed by atoms with Gasteiger partial charge in [0, 0.05) is 31.3 Å². The van der Waals surface area contributed by atoms with Gasteiger partial charge in [0.1, 0.15) is 0 Å². The molecule has 0 atom stereocenters. The van der Waals surface area contributed by atoms with Gasteiger partial charge in [-0.2, -0.15) is 0 Å². The molecule has 7 nitrogen and oxygen atoms in total. The number of likely N-dealkylation sites (N-methyl/N-ethyl adjacent to an activating group) is 1. The van der Waals surface area contributed by atoms with Gasteiger partial charge >= 0.3 is 0 Å². The van der Waals surface area contributed by atoms with Crippen LogP contribution in [0.1, 0.15) is 32.7 Å². The number of nitrogens with zero attached hydrogens (tertiary/aromatic N) is 2. The van der Waals surface area contributed by atoms with E-state index in [1.54, 1.807) is 48.5 Å². The Morgan fingerprint density at radius 3 is 2.34 bits per heavy atom. The highest BCUT2D eigenvalue weighted by molar-refractivity contribution is 6.21. The van der Waals surface area contributed by atoms with Gasteiger partial charge in [0.05, 0.1) is 17.7 Å². The van der Waals surface area contributed by atoms with Gasteiger partial charge in [-0.15, -0.1) is 6.42 Å². The predicted octanol–water partition coefficient (Wildman–Crippen LogP) is 1.75. The summed E-state index contributed by atoms with van der Waals surface area (Å²) in [5.41, 5.74) is 1.85. The number of carbonyl (C=O) groups is 4. The minimum absolute atomic E-state index is 0.0403. The Morgan fingerprint density at radius 2 is 1.72 bits per heavy atom. The first kappa shape index (κ1) is 19.8. The van der Waals surface area contributed by atoms with Crippen molar-refractivity contribution in [2.24, 2.45) is 0 Å². The van der Waals surface area contributed by atoms with Crippen molar-refractivity contribution in [2.75, 3.05) is 25.5 Å².